The fourth-order valence-electron chi connectivity index (χ4n) is 4.42. The maximum absolute atomic E-state index is 5.79. The molecule has 2 atom stereocenters. The molecule has 0 spiro atoms. The van der Waals surface area contributed by atoms with Crippen molar-refractivity contribution in [2.24, 2.45) is 0 Å². The van der Waals surface area contributed by atoms with Crippen LogP contribution in [0.5, 0.6) is 0 Å². The maximum Gasteiger partial charge on any atom is 0.500 e. The Morgan fingerprint density at radius 3 is 1.32 bits per heavy atom. The molecule has 0 aliphatic heterocycles. The molecule has 0 N–H and O–H groups in total. The molecule has 15 heteroatoms. The number of thiazole rings is 2. The van der Waals surface area contributed by atoms with E-state index >= 15 is 0 Å². The van der Waals surface area contributed by atoms with E-state index in [1.807, 2.05) is 33.7 Å². The summed E-state index contributed by atoms with van der Waals surface area (Å²) < 4.78 is 37.1. The van der Waals surface area contributed by atoms with E-state index in [-0.39, 0.29) is 11.8 Å². The number of fused-ring (bicyclic) bond motifs is 2. The van der Waals surface area contributed by atoms with E-state index in [1.165, 1.54) is 9.40 Å². The zero-order valence-electron chi connectivity index (χ0n) is 24.0. The molecule has 4 rings (SSSR count). The first kappa shape index (κ1) is 33.4. The predicted molar refractivity (Wildman–Crippen MR) is 180 cm³/mol. The number of para-hydroxylation sites is 2. The summed E-state index contributed by atoms with van der Waals surface area (Å²) >= 11 is 3.46. The van der Waals surface area contributed by atoms with Gasteiger partial charge in [0.2, 0.25) is 0 Å². The van der Waals surface area contributed by atoms with Crippen LogP contribution in [0.25, 0.3) is 20.4 Å². The fourth-order valence-corrected chi connectivity index (χ4v) is 15.6. The standard InChI is InChI=1S/C26H36N2O6S5Si2/c1-29-40(30-2,31-3)17-19(25-27-21-11-7-9-13-23(21)37-25)15-35-39-36-16-20(18-41(32-4,33-5)34-6)26-28-22-12-8-10-14-24(22)38-26/h7-14,19-20H,15-18H2,1-6H3. The Labute approximate surface area is 263 Å². The lowest BCUT2D eigenvalue weighted by atomic mass is 10.2. The third kappa shape index (κ3) is 8.35. The van der Waals surface area contributed by atoms with E-state index in [9.17, 15) is 0 Å². The highest BCUT2D eigenvalue weighted by atomic mass is 33.5. The first-order valence-electron chi connectivity index (χ1n) is 12.9. The van der Waals surface area contributed by atoms with Crippen molar-refractivity contribution in [1.82, 2.24) is 9.97 Å². The Hall–Kier alpha value is -0.536. The summed E-state index contributed by atoms with van der Waals surface area (Å²) in [5, 5.41) is 2.16. The normalized spacial score (nSPS) is 14.2. The zero-order valence-corrected chi connectivity index (χ0v) is 30.1. The predicted octanol–water partition coefficient (Wildman–Crippen LogP) is 7.56. The van der Waals surface area contributed by atoms with Crippen LogP contribution in [0.4, 0.5) is 0 Å². The molecule has 0 radical (unpaired) electrons. The molecule has 0 aliphatic rings. The number of rotatable bonds is 18. The number of benzene rings is 2. The highest BCUT2D eigenvalue weighted by Crippen LogP contribution is 2.45. The topological polar surface area (TPSA) is 81.2 Å². The Kier molecular flexibility index (Phi) is 13.0. The van der Waals surface area contributed by atoms with E-state index in [4.69, 9.17) is 36.5 Å². The van der Waals surface area contributed by atoms with Crippen LogP contribution in [0.1, 0.15) is 21.9 Å². The van der Waals surface area contributed by atoms with Gasteiger partial charge in [-0.1, -0.05) is 45.9 Å². The van der Waals surface area contributed by atoms with Crippen molar-refractivity contribution in [3.63, 3.8) is 0 Å². The monoisotopic (exact) mass is 688 g/mol. The van der Waals surface area contributed by atoms with Gasteiger partial charge in [0.05, 0.1) is 30.4 Å². The summed E-state index contributed by atoms with van der Waals surface area (Å²) in [6, 6.07) is 17.8. The van der Waals surface area contributed by atoms with E-state index in [0.29, 0.717) is 12.1 Å². The third-order valence-electron chi connectivity index (χ3n) is 6.81. The molecule has 4 aromatic rings. The molecule has 224 valence electrons. The lowest BCUT2D eigenvalue weighted by molar-refractivity contribution is 0.121. The number of aromatic nitrogens is 2. The van der Waals surface area contributed by atoms with Crippen molar-refractivity contribution in [1.29, 1.82) is 0 Å². The molecular weight excluding hydrogens is 653 g/mol. The molecule has 2 aromatic heterocycles. The SMILES string of the molecule is CO[Si](CC(CSSSCC(C[Si](OC)(OC)OC)c1nc2ccccc2s1)c1nc2ccccc2s1)(OC)OC. The average Bonchev–Trinajstić information content (AvgIpc) is 3.65. The fraction of sp³-hybridized carbons (Fsp3) is 0.462. The van der Waals surface area contributed by atoms with Gasteiger partial charge in [-0.15, -0.1) is 22.7 Å². The summed E-state index contributed by atoms with van der Waals surface area (Å²) in [6.07, 6.45) is 0. The molecule has 0 amide bonds. The van der Waals surface area contributed by atoms with Crippen molar-refractivity contribution in [3.8, 4) is 0 Å². The Balaban J connectivity index is 1.45. The van der Waals surface area contributed by atoms with Gasteiger partial charge in [0.1, 0.15) is 0 Å². The molecule has 2 aromatic carbocycles. The van der Waals surface area contributed by atoms with Gasteiger partial charge in [-0.25, -0.2) is 9.97 Å². The molecule has 0 fully saturated rings. The molecule has 0 aliphatic carbocycles. The Morgan fingerprint density at radius 2 is 0.976 bits per heavy atom. The van der Waals surface area contributed by atoms with Gasteiger partial charge in [-0.05, 0) is 34.1 Å². The van der Waals surface area contributed by atoms with Gasteiger partial charge in [0.25, 0.3) is 0 Å². The molecule has 0 saturated heterocycles. The minimum absolute atomic E-state index is 0.132. The van der Waals surface area contributed by atoms with Crippen molar-refractivity contribution < 1.29 is 26.6 Å². The highest BCUT2D eigenvalue weighted by molar-refractivity contribution is 9.09. The number of nitrogens with zero attached hydrogens (tertiary/aromatic N) is 2. The van der Waals surface area contributed by atoms with E-state index < -0.39 is 17.6 Å². The van der Waals surface area contributed by atoms with E-state index in [2.05, 4.69) is 36.4 Å². The lowest BCUT2D eigenvalue weighted by Gasteiger charge is -2.28. The molecule has 41 heavy (non-hydrogen) atoms. The second kappa shape index (κ2) is 16.0. The summed E-state index contributed by atoms with van der Waals surface area (Å²) in [5.41, 5.74) is 2.04. The van der Waals surface area contributed by atoms with Gasteiger partial charge in [0, 0.05) is 78.1 Å². The maximum atomic E-state index is 5.79. The van der Waals surface area contributed by atoms with Crippen LogP contribution in [-0.2, 0) is 26.6 Å². The van der Waals surface area contributed by atoms with Crippen molar-refractivity contribution in [2.45, 2.75) is 23.9 Å². The van der Waals surface area contributed by atoms with Crippen LogP contribution in [0.15, 0.2) is 48.5 Å². The first-order chi connectivity index (χ1) is 19.9. The molecule has 2 unspecified atom stereocenters. The quantitative estimate of drug-likeness (QED) is 0.0590. The third-order valence-corrected chi connectivity index (χ3v) is 19.3. The average molecular weight is 689 g/mol. The molecule has 0 saturated carbocycles. The van der Waals surface area contributed by atoms with Crippen molar-refractivity contribution in [3.05, 3.63) is 58.5 Å². The summed E-state index contributed by atoms with van der Waals surface area (Å²) in [5.74, 6) is 1.96. The van der Waals surface area contributed by atoms with Crippen LogP contribution in [0.3, 0.4) is 0 Å². The van der Waals surface area contributed by atoms with Crippen molar-refractivity contribution >= 4 is 92.1 Å². The van der Waals surface area contributed by atoms with Crippen LogP contribution in [-0.4, -0.2) is 81.7 Å². The summed E-state index contributed by atoms with van der Waals surface area (Å²) in [4.78, 5) is 9.91. The van der Waals surface area contributed by atoms with Gasteiger partial charge in [-0.2, -0.15) is 0 Å². The molecule has 0 bridgehead atoms. The van der Waals surface area contributed by atoms with E-state index in [1.54, 1.807) is 75.2 Å². The zero-order chi connectivity index (χ0) is 29.3. The summed E-state index contributed by atoms with van der Waals surface area (Å²) in [7, 11) is 9.80. The smallest absolute Gasteiger partial charge is 0.377 e. The number of hydrogen-bond donors (Lipinski definition) is 0. The van der Waals surface area contributed by atoms with Crippen LogP contribution < -0.4 is 0 Å². The van der Waals surface area contributed by atoms with Crippen molar-refractivity contribution in [2.75, 3.05) is 54.2 Å². The number of hydrogen-bond acceptors (Lipinski definition) is 13. The van der Waals surface area contributed by atoms with Crippen LogP contribution >= 0.6 is 54.1 Å². The Morgan fingerprint density at radius 1 is 0.610 bits per heavy atom. The van der Waals surface area contributed by atoms with Crippen LogP contribution in [0.2, 0.25) is 12.1 Å². The van der Waals surface area contributed by atoms with Gasteiger partial charge in [0.15, 0.2) is 0 Å². The Bertz CT molecular complexity index is 1190. The van der Waals surface area contributed by atoms with Crippen LogP contribution in [0, 0.1) is 0 Å². The largest absolute Gasteiger partial charge is 0.500 e. The van der Waals surface area contributed by atoms with E-state index in [0.717, 1.165) is 32.6 Å². The first-order valence-corrected chi connectivity index (χ1v) is 22.2. The minimum atomic E-state index is -2.81. The molecule has 2 heterocycles. The second-order valence-corrected chi connectivity index (χ2v) is 21.5. The minimum Gasteiger partial charge on any atom is -0.377 e. The molecular formula is C26H36N2O6S5Si2. The van der Waals surface area contributed by atoms with Gasteiger partial charge >= 0.3 is 17.6 Å². The van der Waals surface area contributed by atoms with Gasteiger partial charge in [-0.3, -0.25) is 0 Å². The highest BCUT2D eigenvalue weighted by Gasteiger charge is 2.43. The second-order valence-electron chi connectivity index (χ2n) is 9.07. The summed E-state index contributed by atoms with van der Waals surface area (Å²) in [6.45, 7) is 0. The molecule has 8 nitrogen and oxygen atoms in total. The van der Waals surface area contributed by atoms with Gasteiger partial charge < -0.3 is 26.6 Å². The lowest BCUT2D eigenvalue weighted by Crippen LogP contribution is -2.44.